The van der Waals surface area contributed by atoms with E-state index < -0.39 is 12.1 Å². The number of aliphatic hydroxyl groups excluding tert-OH is 1. The fourth-order valence-electron chi connectivity index (χ4n) is 0.603. The smallest absolute Gasteiger partial charge is 0.330 e. The summed E-state index contributed by atoms with van der Waals surface area (Å²) in [5.41, 5.74) is 0. The lowest BCUT2D eigenvalue weighted by Gasteiger charge is -2.08. The first-order valence-electron chi connectivity index (χ1n) is 3.67. The van der Waals surface area contributed by atoms with Crippen LogP contribution in [0, 0.1) is 0 Å². The van der Waals surface area contributed by atoms with Gasteiger partial charge < -0.3 is 14.6 Å². The minimum absolute atomic E-state index is 0.0307. The summed E-state index contributed by atoms with van der Waals surface area (Å²) in [5.74, 6) is -0.451. The van der Waals surface area contributed by atoms with Crippen LogP contribution in [-0.4, -0.2) is 37.5 Å². The summed E-state index contributed by atoms with van der Waals surface area (Å²) in [5, 5.41) is 9.04. The second kappa shape index (κ2) is 6.82. The molecule has 0 saturated heterocycles. The first-order valence-corrected chi connectivity index (χ1v) is 3.67. The van der Waals surface area contributed by atoms with Gasteiger partial charge in [-0.25, -0.2) is 4.79 Å². The topological polar surface area (TPSA) is 55.8 Å². The first-order chi connectivity index (χ1) is 5.70. The Morgan fingerprint density at radius 3 is 2.75 bits per heavy atom. The molecule has 0 aromatic heterocycles. The lowest BCUT2D eigenvalue weighted by molar-refractivity contribution is -0.141. The predicted octanol–water partition coefficient (Wildman–Crippen LogP) is 0.113. The van der Waals surface area contributed by atoms with Gasteiger partial charge in [-0.1, -0.05) is 6.08 Å². The van der Waals surface area contributed by atoms with Crippen LogP contribution in [0.5, 0.6) is 0 Å². The number of carbonyl (C=O) groups excluding carboxylic acids is 1. The van der Waals surface area contributed by atoms with Crippen molar-refractivity contribution in [2.75, 3.05) is 20.3 Å². The molecular weight excluding hydrogens is 160 g/mol. The van der Waals surface area contributed by atoms with Crippen molar-refractivity contribution >= 4 is 5.97 Å². The fraction of sp³-hybridized carbons (Fsp3) is 0.625. The molecule has 0 aliphatic rings. The SMILES string of the molecule is CC=CC(=O)OCC(O)COC. The minimum atomic E-state index is -0.746. The maximum atomic E-state index is 10.7. The third-order valence-corrected chi connectivity index (χ3v) is 1.08. The molecule has 0 amide bonds. The molecule has 12 heavy (non-hydrogen) atoms. The Bertz CT molecular complexity index is 153. The molecule has 0 saturated carbocycles. The predicted molar refractivity (Wildman–Crippen MR) is 43.7 cm³/mol. The molecule has 0 bridgehead atoms. The number of hydrogen-bond donors (Lipinski definition) is 1. The highest BCUT2D eigenvalue weighted by Crippen LogP contribution is 1.88. The maximum Gasteiger partial charge on any atom is 0.330 e. The maximum absolute atomic E-state index is 10.7. The molecule has 70 valence electrons. The molecule has 0 fully saturated rings. The third kappa shape index (κ3) is 5.88. The van der Waals surface area contributed by atoms with Crippen LogP contribution in [0.25, 0.3) is 0 Å². The molecule has 0 rings (SSSR count). The highest BCUT2D eigenvalue weighted by atomic mass is 16.5. The van der Waals surface area contributed by atoms with Gasteiger partial charge in [-0.05, 0) is 6.92 Å². The van der Waals surface area contributed by atoms with Gasteiger partial charge in [0, 0.05) is 13.2 Å². The summed E-state index contributed by atoms with van der Waals surface area (Å²) in [4.78, 5) is 10.7. The third-order valence-electron chi connectivity index (χ3n) is 1.08. The number of esters is 1. The summed E-state index contributed by atoms with van der Waals surface area (Å²) < 4.78 is 9.28. The lowest BCUT2D eigenvalue weighted by Crippen LogP contribution is -2.22. The van der Waals surface area contributed by atoms with Gasteiger partial charge in [0.15, 0.2) is 0 Å². The molecule has 0 heterocycles. The Balaban J connectivity index is 3.46. The Morgan fingerprint density at radius 1 is 1.58 bits per heavy atom. The average Bonchev–Trinajstić information content (AvgIpc) is 2.02. The zero-order valence-corrected chi connectivity index (χ0v) is 7.32. The lowest BCUT2D eigenvalue weighted by atomic mass is 10.4. The van der Waals surface area contributed by atoms with Crippen LogP contribution in [0.3, 0.4) is 0 Å². The van der Waals surface area contributed by atoms with Gasteiger partial charge in [0.2, 0.25) is 0 Å². The van der Waals surface area contributed by atoms with E-state index in [-0.39, 0.29) is 13.2 Å². The zero-order valence-electron chi connectivity index (χ0n) is 7.32. The van der Waals surface area contributed by atoms with Gasteiger partial charge in [-0.3, -0.25) is 0 Å². The molecule has 0 aromatic rings. The molecular formula is C8H14O4. The molecule has 0 aliphatic carbocycles. The van der Waals surface area contributed by atoms with E-state index in [2.05, 4.69) is 9.47 Å². The van der Waals surface area contributed by atoms with Crippen LogP contribution in [0.2, 0.25) is 0 Å². The van der Waals surface area contributed by atoms with Crippen LogP contribution in [0.4, 0.5) is 0 Å². The second-order valence-corrected chi connectivity index (χ2v) is 2.24. The monoisotopic (exact) mass is 174 g/mol. The van der Waals surface area contributed by atoms with Gasteiger partial charge in [-0.15, -0.1) is 0 Å². The van der Waals surface area contributed by atoms with Crippen molar-refractivity contribution in [2.24, 2.45) is 0 Å². The van der Waals surface area contributed by atoms with Crippen LogP contribution in [-0.2, 0) is 14.3 Å². The van der Waals surface area contributed by atoms with E-state index in [1.54, 1.807) is 13.0 Å². The Kier molecular flexibility index (Phi) is 6.32. The van der Waals surface area contributed by atoms with Crippen LogP contribution < -0.4 is 0 Å². The second-order valence-electron chi connectivity index (χ2n) is 2.24. The standard InChI is InChI=1S/C8H14O4/c1-3-4-8(10)12-6-7(9)5-11-2/h3-4,7,9H,5-6H2,1-2H3. The summed E-state index contributed by atoms with van der Waals surface area (Å²) >= 11 is 0. The van der Waals surface area contributed by atoms with Gasteiger partial charge >= 0.3 is 5.97 Å². The van der Waals surface area contributed by atoms with Crippen molar-refractivity contribution in [3.05, 3.63) is 12.2 Å². The summed E-state index contributed by atoms with van der Waals surface area (Å²) in [6.07, 6.45) is 2.12. The summed E-state index contributed by atoms with van der Waals surface area (Å²) in [6.45, 7) is 1.85. The van der Waals surface area contributed by atoms with Crippen molar-refractivity contribution < 1.29 is 19.4 Å². The molecule has 0 aromatic carbocycles. The van der Waals surface area contributed by atoms with Gasteiger partial charge in [-0.2, -0.15) is 0 Å². The molecule has 0 radical (unpaired) electrons. The van der Waals surface area contributed by atoms with E-state index in [1.807, 2.05) is 0 Å². The molecule has 4 nitrogen and oxygen atoms in total. The number of carbonyl (C=O) groups is 1. The van der Waals surface area contributed by atoms with E-state index in [4.69, 9.17) is 5.11 Å². The van der Waals surface area contributed by atoms with E-state index in [9.17, 15) is 4.79 Å². The normalized spacial score (nSPS) is 13.2. The highest BCUT2D eigenvalue weighted by molar-refractivity contribution is 5.81. The minimum Gasteiger partial charge on any atom is -0.460 e. The Morgan fingerprint density at radius 2 is 2.25 bits per heavy atom. The number of methoxy groups -OCH3 is 1. The number of allylic oxidation sites excluding steroid dienone is 1. The number of aliphatic hydroxyl groups is 1. The first kappa shape index (κ1) is 11.1. The van der Waals surface area contributed by atoms with Crippen molar-refractivity contribution in [3.63, 3.8) is 0 Å². The largest absolute Gasteiger partial charge is 0.460 e. The van der Waals surface area contributed by atoms with Gasteiger partial charge in [0.25, 0.3) is 0 Å². The van der Waals surface area contributed by atoms with Crippen molar-refractivity contribution in [1.82, 2.24) is 0 Å². The summed E-state index contributed by atoms with van der Waals surface area (Å²) in [6, 6.07) is 0. The van der Waals surface area contributed by atoms with Crippen molar-refractivity contribution in [2.45, 2.75) is 13.0 Å². The number of rotatable bonds is 5. The van der Waals surface area contributed by atoms with E-state index in [0.29, 0.717) is 0 Å². The number of hydrogen-bond acceptors (Lipinski definition) is 4. The highest BCUT2D eigenvalue weighted by Gasteiger charge is 2.05. The van der Waals surface area contributed by atoms with Gasteiger partial charge in [0.1, 0.15) is 12.7 Å². The molecule has 1 unspecified atom stereocenters. The molecule has 1 N–H and O–H groups in total. The van der Waals surface area contributed by atoms with E-state index >= 15 is 0 Å². The molecule has 0 spiro atoms. The molecule has 1 atom stereocenters. The van der Waals surface area contributed by atoms with E-state index in [1.165, 1.54) is 13.2 Å². The van der Waals surface area contributed by atoms with Crippen LogP contribution in [0.15, 0.2) is 12.2 Å². The zero-order chi connectivity index (χ0) is 9.40. The average molecular weight is 174 g/mol. The molecule has 0 aliphatic heterocycles. The fourth-order valence-corrected chi connectivity index (χ4v) is 0.603. The van der Waals surface area contributed by atoms with Crippen molar-refractivity contribution in [3.8, 4) is 0 Å². The quantitative estimate of drug-likeness (QED) is 0.475. The van der Waals surface area contributed by atoms with E-state index in [0.717, 1.165) is 0 Å². The molecule has 4 heteroatoms. The van der Waals surface area contributed by atoms with Crippen molar-refractivity contribution in [1.29, 1.82) is 0 Å². The Hall–Kier alpha value is -0.870. The number of ether oxygens (including phenoxy) is 2. The Labute approximate surface area is 71.8 Å². The van der Waals surface area contributed by atoms with Crippen LogP contribution >= 0.6 is 0 Å². The van der Waals surface area contributed by atoms with Gasteiger partial charge in [0.05, 0.1) is 6.61 Å². The summed E-state index contributed by atoms with van der Waals surface area (Å²) in [7, 11) is 1.47. The van der Waals surface area contributed by atoms with Crippen LogP contribution in [0.1, 0.15) is 6.92 Å².